The average Bonchev–Trinajstić information content (AvgIpc) is 3.13. The molecule has 21 heavy (non-hydrogen) atoms. The van der Waals surface area contributed by atoms with Crippen molar-refractivity contribution in [3.05, 3.63) is 45.8 Å². The monoisotopic (exact) mass is 316 g/mol. The number of thiophene rings is 1. The zero-order valence-electron chi connectivity index (χ0n) is 11.2. The number of anilines is 1. The third-order valence-corrected chi connectivity index (χ3v) is 5.40. The molecule has 2 N–H and O–H groups in total. The Balaban J connectivity index is 1.89. The smallest absolute Gasteiger partial charge is 0.186 e. The summed E-state index contributed by atoms with van der Waals surface area (Å²) in [4.78, 5) is 2.53. The molecular weight excluding hydrogens is 304 g/mol. The molecule has 0 radical (unpaired) electrons. The minimum atomic E-state index is 0.381. The van der Waals surface area contributed by atoms with E-state index in [2.05, 4.69) is 11.2 Å². The molecule has 0 bridgehead atoms. The highest BCUT2D eigenvalue weighted by Gasteiger charge is 2.23. The summed E-state index contributed by atoms with van der Waals surface area (Å²) in [5.74, 6) is 1.10. The van der Waals surface area contributed by atoms with E-state index < -0.39 is 0 Å². The van der Waals surface area contributed by atoms with Gasteiger partial charge >= 0.3 is 0 Å². The van der Waals surface area contributed by atoms with Crippen molar-refractivity contribution in [2.75, 3.05) is 5.73 Å². The van der Waals surface area contributed by atoms with Crippen molar-refractivity contribution in [1.29, 1.82) is 0 Å². The van der Waals surface area contributed by atoms with Crippen molar-refractivity contribution in [3.8, 4) is 21.8 Å². The van der Waals surface area contributed by atoms with Gasteiger partial charge in [-0.05, 0) is 37.0 Å². The van der Waals surface area contributed by atoms with E-state index in [1.807, 2.05) is 24.3 Å². The van der Waals surface area contributed by atoms with E-state index in [-0.39, 0.29) is 0 Å². The van der Waals surface area contributed by atoms with Gasteiger partial charge in [0.15, 0.2) is 11.6 Å². The van der Waals surface area contributed by atoms with Gasteiger partial charge in [-0.2, -0.15) is 0 Å². The second-order valence-corrected chi connectivity index (χ2v) is 6.71. The van der Waals surface area contributed by atoms with E-state index in [9.17, 15) is 0 Å². The number of aryl methyl sites for hydroxylation is 2. The number of hydrogen-bond donors (Lipinski definition) is 1. The summed E-state index contributed by atoms with van der Waals surface area (Å²) < 4.78 is 5.50. The van der Waals surface area contributed by atoms with Gasteiger partial charge in [0.05, 0.1) is 10.4 Å². The fraction of sp³-hybridized carbons (Fsp3) is 0.188. The molecule has 1 aromatic carbocycles. The van der Waals surface area contributed by atoms with Crippen LogP contribution in [0.5, 0.6) is 0 Å². The van der Waals surface area contributed by atoms with Gasteiger partial charge in [-0.25, -0.2) is 0 Å². The molecule has 5 heteroatoms. The van der Waals surface area contributed by atoms with Crippen LogP contribution in [0.25, 0.3) is 21.8 Å². The van der Waals surface area contributed by atoms with E-state index >= 15 is 0 Å². The Morgan fingerprint density at radius 1 is 1.24 bits per heavy atom. The summed E-state index contributed by atoms with van der Waals surface area (Å²) in [6.45, 7) is 0. The maximum absolute atomic E-state index is 6.30. The SMILES string of the molecule is Nc1noc(-c2cc3c(s2)CCC3)c1-c1ccccc1Cl. The first-order valence-electron chi connectivity index (χ1n) is 6.86. The van der Waals surface area contributed by atoms with Gasteiger partial charge in [-0.3, -0.25) is 0 Å². The van der Waals surface area contributed by atoms with Gasteiger partial charge in [0.25, 0.3) is 0 Å². The summed E-state index contributed by atoms with van der Waals surface area (Å²) in [5.41, 5.74) is 9.09. The lowest BCUT2D eigenvalue weighted by Crippen LogP contribution is -1.89. The van der Waals surface area contributed by atoms with Crippen molar-refractivity contribution in [2.45, 2.75) is 19.3 Å². The van der Waals surface area contributed by atoms with Crippen LogP contribution in [-0.4, -0.2) is 5.16 Å². The number of aromatic nitrogens is 1. The fourth-order valence-corrected chi connectivity index (χ4v) is 4.30. The van der Waals surface area contributed by atoms with Gasteiger partial charge in [0.2, 0.25) is 0 Å². The first-order valence-corrected chi connectivity index (χ1v) is 8.05. The molecule has 4 rings (SSSR count). The van der Waals surface area contributed by atoms with E-state index in [1.54, 1.807) is 11.3 Å². The van der Waals surface area contributed by atoms with Gasteiger partial charge in [0.1, 0.15) is 0 Å². The minimum Gasteiger partial charge on any atom is -0.380 e. The molecule has 0 saturated carbocycles. The van der Waals surface area contributed by atoms with Gasteiger partial charge in [-0.15, -0.1) is 11.3 Å². The van der Waals surface area contributed by atoms with Crippen molar-refractivity contribution in [1.82, 2.24) is 5.16 Å². The third-order valence-electron chi connectivity index (χ3n) is 3.83. The van der Waals surface area contributed by atoms with Crippen LogP contribution in [0.2, 0.25) is 5.02 Å². The molecule has 2 aromatic heterocycles. The number of nitrogens with two attached hydrogens (primary N) is 1. The predicted molar refractivity (Wildman–Crippen MR) is 86.7 cm³/mol. The lowest BCUT2D eigenvalue weighted by atomic mass is 10.0. The van der Waals surface area contributed by atoms with Crippen LogP contribution in [0.4, 0.5) is 5.82 Å². The Morgan fingerprint density at radius 3 is 2.90 bits per heavy atom. The fourth-order valence-electron chi connectivity index (χ4n) is 2.84. The van der Waals surface area contributed by atoms with E-state index in [0.717, 1.165) is 34.6 Å². The number of nitrogen functional groups attached to an aromatic ring is 1. The molecule has 1 aliphatic carbocycles. The van der Waals surface area contributed by atoms with Crippen molar-refractivity contribution < 1.29 is 4.52 Å². The topological polar surface area (TPSA) is 52.0 Å². The van der Waals surface area contributed by atoms with Gasteiger partial charge < -0.3 is 10.3 Å². The van der Waals surface area contributed by atoms with Crippen LogP contribution in [0.15, 0.2) is 34.9 Å². The predicted octanol–water partition coefficient (Wildman–Crippen LogP) is 4.79. The molecule has 0 amide bonds. The Labute approximate surface area is 131 Å². The molecule has 3 nitrogen and oxygen atoms in total. The standard InChI is InChI=1S/C16H13ClN2OS/c17-11-6-2-1-5-10(11)14-15(20-19-16(14)18)13-8-9-4-3-7-12(9)21-13/h1-2,5-6,8H,3-4,7H2,(H2,18,19). The summed E-state index contributed by atoms with van der Waals surface area (Å²) in [7, 11) is 0. The van der Waals surface area contributed by atoms with Crippen LogP contribution >= 0.6 is 22.9 Å². The van der Waals surface area contributed by atoms with Crippen LogP contribution in [0.3, 0.4) is 0 Å². The maximum Gasteiger partial charge on any atom is 0.186 e. The lowest BCUT2D eigenvalue weighted by molar-refractivity contribution is 0.437. The molecular formula is C16H13ClN2OS. The van der Waals surface area contributed by atoms with Gasteiger partial charge in [-0.1, -0.05) is 35.0 Å². The summed E-state index contributed by atoms with van der Waals surface area (Å²) in [6.07, 6.45) is 3.55. The highest BCUT2D eigenvalue weighted by atomic mass is 35.5. The van der Waals surface area contributed by atoms with Crippen LogP contribution in [-0.2, 0) is 12.8 Å². The van der Waals surface area contributed by atoms with Crippen LogP contribution in [0.1, 0.15) is 16.9 Å². The lowest BCUT2D eigenvalue weighted by Gasteiger charge is -2.03. The maximum atomic E-state index is 6.30. The average molecular weight is 317 g/mol. The zero-order chi connectivity index (χ0) is 14.4. The number of hydrogen-bond acceptors (Lipinski definition) is 4. The summed E-state index contributed by atoms with van der Waals surface area (Å²) >= 11 is 8.07. The molecule has 0 aliphatic heterocycles. The van der Waals surface area contributed by atoms with Gasteiger partial charge in [0, 0.05) is 15.5 Å². The van der Waals surface area contributed by atoms with Crippen molar-refractivity contribution >= 4 is 28.8 Å². The number of fused-ring (bicyclic) bond motifs is 1. The molecule has 0 unspecified atom stereocenters. The van der Waals surface area contributed by atoms with Crippen LogP contribution < -0.4 is 5.73 Å². The first kappa shape index (κ1) is 12.9. The van der Waals surface area contributed by atoms with Crippen molar-refractivity contribution in [3.63, 3.8) is 0 Å². The van der Waals surface area contributed by atoms with E-state index in [4.69, 9.17) is 21.9 Å². The molecule has 0 saturated heterocycles. The quantitative estimate of drug-likeness (QED) is 0.739. The third kappa shape index (κ3) is 2.06. The number of rotatable bonds is 2. The molecule has 1 aliphatic rings. The second kappa shape index (κ2) is 4.90. The molecule has 106 valence electrons. The number of nitrogens with zero attached hydrogens (tertiary/aromatic N) is 1. The molecule has 0 atom stereocenters. The molecule has 0 spiro atoms. The highest BCUT2D eigenvalue weighted by molar-refractivity contribution is 7.15. The Kier molecular flexibility index (Phi) is 3.01. The Bertz CT molecular complexity index is 800. The largest absolute Gasteiger partial charge is 0.380 e. The molecule has 0 fully saturated rings. The van der Waals surface area contributed by atoms with Crippen LogP contribution in [0, 0.1) is 0 Å². The van der Waals surface area contributed by atoms with E-state index in [0.29, 0.717) is 10.8 Å². The molecule has 2 heterocycles. The minimum absolute atomic E-state index is 0.381. The van der Waals surface area contributed by atoms with Crippen molar-refractivity contribution in [2.24, 2.45) is 0 Å². The molecule has 3 aromatic rings. The summed E-state index contributed by atoms with van der Waals surface area (Å²) in [6, 6.07) is 9.82. The van der Waals surface area contributed by atoms with E-state index in [1.165, 1.54) is 16.9 Å². The number of halogens is 1. The number of benzene rings is 1. The first-order chi connectivity index (χ1) is 10.2. The Morgan fingerprint density at radius 2 is 2.10 bits per heavy atom. The zero-order valence-corrected chi connectivity index (χ0v) is 12.8. The summed E-state index contributed by atoms with van der Waals surface area (Å²) in [5, 5.41) is 4.59. The Hall–Kier alpha value is -1.78. The second-order valence-electron chi connectivity index (χ2n) is 5.16. The normalized spacial score (nSPS) is 13.6. The highest BCUT2D eigenvalue weighted by Crippen LogP contribution is 2.44.